The Morgan fingerprint density at radius 2 is 1.42 bits per heavy atom. The number of fused-ring (bicyclic) bond motifs is 1. The number of carbonyl (C=O) groups excluding carboxylic acids is 1. The molecule has 0 bridgehead atoms. The summed E-state index contributed by atoms with van der Waals surface area (Å²) in [6, 6.07) is 0. The molecule has 53 heavy (non-hydrogen) atoms. The normalized spacial score (nSPS) is 28.8. The number of phosphoric acid groups is 3. The minimum absolute atomic E-state index is 0. The van der Waals surface area contributed by atoms with Crippen molar-refractivity contribution in [3.8, 4) is 0 Å². The monoisotopic (exact) mass is 855 g/mol. The molecule has 0 radical (unpaired) electrons. The molecule has 5 heterocycles. The Balaban J connectivity index is 0.00000282. The summed E-state index contributed by atoms with van der Waals surface area (Å²) in [6.45, 7) is -1.79. The first-order valence-corrected chi connectivity index (χ1v) is 18.1. The van der Waals surface area contributed by atoms with Crippen LogP contribution in [0.5, 0.6) is 0 Å². The fourth-order valence-corrected chi connectivity index (χ4v) is 6.73. The van der Waals surface area contributed by atoms with Gasteiger partial charge in [0.1, 0.15) is 60.4 Å². The van der Waals surface area contributed by atoms with E-state index in [0.717, 1.165) is 6.33 Å². The number of amides is 1. The number of aliphatic hydroxyl groups excluding tert-OH is 4. The van der Waals surface area contributed by atoms with Crippen LogP contribution < -0.4 is 130 Å². The second-order valence-corrected chi connectivity index (χ2v) is 14.5. The van der Waals surface area contributed by atoms with Crippen LogP contribution >= 0.6 is 23.5 Å². The Labute approximate surface area is 387 Å². The van der Waals surface area contributed by atoms with Crippen molar-refractivity contribution in [2.75, 3.05) is 18.9 Å². The van der Waals surface area contributed by atoms with Gasteiger partial charge < -0.3 is 75.7 Å². The average molecular weight is 855 g/mol. The summed E-state index contributed by atoms with van der Waals surface area (Å²) >= 11 is 0. The number of hydrogen-bond donors (Lipinski definition) is 12. The van der Waals surface area contributed by atoms with Crippen molar-refractivity contribution in [2.45, 2.75) is 55.4 Å². The first kappa shape index (κ1) is 54.2. The van der Waals surface area contributed by atoms with Gasteiger partial charge in [0.05, 0.1) is 13.2 Å². The smallest absolute Gasteiger partial charge is 0.387 e. The molecule has 2 unspecified atom stereocenters. The Hall–Kier alpha value is 1.23. The van der Waals surface area contributed by atoms with Crippen molar-refractivity contribution >= 4 is 46.4 Å². The number of nitrogens with one attached hydrogen (secondary N) is 1. The number of nitrogens with zero attached hydrogens (tertiary/aromatic N) is 4. The largest absolute Gasteiger partial charge is 1.00 e. The fourth-order valence-electron chi connectivity index (χ4n) is 4.64. The van der Waals surface area contributed by atoms with Crippen LogP contribution in [0.2, 0.25) is 0 Å². The molecule has 2 aromatic heterocycles. The SMILES string of the molecule is NC(=O)C1=CN([C@@H]2O[C@H](COP(=O)(O)OP(=O)(O)OC[C@H]3O[C@@H](c4nc5ncnc(N)c5[nH]4)[C@H](O)[C@@H]3O)[C@@H](O)[C@H]2O)C=CC1.O=P(O)(O)O.[Na+].[Na+].[Na+].[Na+]. The summed E-state index contributed by atoms with van der Waals surface area (Å²) in [5.41, 5.74) is 11.6. The van der Waals surface area contributed by atoms with Crippen LogP contribution in [-0.4, -0.2) is 132 Å². The number of nitrogen functional groups attached to an aromatic ring is 1. The fraction of sp³-hybridized carbons (Fsp3) is 0.524. The molecule has 274 valence electrons. The summed E-state index contributed by atoms with van der Waals surface area (Å²) in [4.78, 5) is 68.9. The molecule has 0 aliphatic carbocycles. The summed E-state index contributed by atoms with van der Waals surface area (Å²) in [5.74, 6) is -0.628. The number of phosphoric ester groups is 2. The van der Waals surface area contributed by atoms with E-state index < -0.39 is 91.5 Å². The van der Waals surface area contributed by atoms with E-state index >= 15 is 0 Å². The van der Waals surface area contributed by atoms with Crippen molar-refractivity contribution in [1.82, 2.24) is 24.8 Å². The number of carbonyl (C=O) groups is 1. The molecule has 2 aromatic rings. The topological polar surface area (TPSA) is 406 Å². The Bertz CT molecular complexity index is 1730. The van der Waals surface area contributed by atoms with Crippen molar-refractivity contribution in [2.24, 2.45) is 5.73 Å². The third-order valence-electron chi connectivity index (χ3n) is 6.85. The van der Waals surface area contributed by atoms with Gasteiger partial charge in [-0.1, -0.05) is 6.08 Å². The summed E-state index contributed by atoms with van der Waals surface area (Å²) in [5, 5.41) is 41.5. The maximum atomic E-state index is 12.4. The summed E-state index contributed by atoms with van der Waals surface area (Å²) in [7, 11) is -15.4. The van der Waals surface area contributed by atoms with Gasteiger partial charge in [-0.15, -0.1) is 0 Å². The van der Waals surface area contributed by atoms with Crippen LogP contribution in [-0.2, 0) is 41.3 Å². The van der Waals surface area contributed by atoms with E-state index in [4.69, 9.17) is 44.7 Å². The van der Waals surface area contributed by atoms with E-state index in [2.05, 4.69) is 28.8 Å². The number of aromatic nitrogens is 4. The Morgan fingerprint density at radius 3 is 1.94 bits per heavy atom. The van der Waals surface area contributed by atoms with Gasteiger partial charge in [0.25, 0.3) is 0 Å². The van der Waals surface area contributed by atoms with Crippen LogP contribution in [0.25, 0.3) is 11.2 Å². The molecule has 3 aliphatic rings. The van der Waals surface area contributed by atoms with Gasteiger partial charge in [0.15, 0.2) is 17.7 Å². The molecule has 14 N–H and O–H groups in total. The van der Waals surface area contributed by atoms with Crippen LogP contribution in [0, 0.1) is 0 Å². The van der Waals surface area contributed by atoms with Crippen molar-refractivity contribution in [3.63, 3.8) is 0 Å². The zero-order valence-electron chi connectivity index (χ0n) is 28.5. The van der Waals surface area contributed by atoms with E-state index in [1.807, 2.05) is 0 Å². The maximum absolute atomic E-state index is 12.4. The maximum Gasteiger partial charge on any atom is 1.00 e. The van der Waals surface area contributed by atoms with Crippen LogP contribution in [0.3, 0.4) is 0 Å². The number of aliphatic hydroxyl groups is 4. The quantitative estimate of drug-likeness (QED) is 0.0737. The number of nitrogens with two attached hydrogens (primary N) is 2. The second-order valence-electron chi connectivity index (χ2n) is 10.4. The van der Waals surface area contributed by atoms with Gasteiger partial charge in [0.2, 0.25) is 5.91 Å². The number of allylic oxidation sites excluding steroid dienone is 1. The van der Waals surface area contributed by atoms with E-state index in [-0.39, 0.29) is 153 Å². The van der Waals surface area contributed by atoms with Gasteiger partial charge in [0, 0.05) is 18.0 Å². The molecule has 3 aliphatic heterocycles. The third kappa shape index (κ3) is 15.4. The number of imidazole rings is 1. The van der Waals surface area contributed by atoms with E-state index in [0.29, 0.717) is 0 Å². The molecule has 5 rings (SSSR count). The Morgan fingerprint density at radius 1 is 0.887 bits per heavy atom. The van der Waals surface area contributed by atoms with Gasteiger partial charge in [-0.2, -0.15) is 4.31 Å². The van der Waals surface area contributed by atoms with Gasteiger partial charge in [-0.25, -0.2) is 28.6 Å². The van der Waals surface area contributed by atoms with Crippen LogP contribution in [0.1, 0.15) is 18.3 Å². The molecule has 10 atom stereocenters. The van der Waals surface area contributed by atoms with Crippen LogP contribution in [0.15, 0.2) is 30.4 Å². The molecule has 25 nitrogen and oxygen atoms in total. The molecule has 32 heteroatoms. The number of ether oxygens (including phenoxy) is 2. The Kier molecular flexibility index (Phi) is 23.1. The average Bonchev–Trinajstić information content (AvgIpc) is 3.64. The van der Waals surface area contributed by atoms with Crippen LogP contribution in [0.4, 0.5) is 5.82 Å². The number of aromatic amines is 1. The zero-order chi connectivity index (χ0) is 36.5. The van der Waals surface area contributed by atoms with E-state index in [1.165, 1.54) is 17.3 Å². The van der Waals surface area contributed by atoms with Crippen molar-refractivity contribution in [1.29, 1.82) is 0 Å². The molecule has 2 fully saturated rings. The van der Waals surface area contributed by atoms with Crippen molar-refractivity contribution < 1.29 is 204 Å². The number of primary amides is 1. The predicted molar refractivity (Wildman–Crippen MR) is 156 cm³/mol. The van der Waals surface area contributed by atoms with E-state index in [9.17, 15) is 44.1 Å². The first-order chi connectivity index (χ1) is 22.7. The second kappa shape index (κ2) is 22.6. The molecule has 0 saturated carbocycles. The number of hydrogen-bond acceptors (Lipinski definition) is 18. The molecule has 0 spiro atoms. The standard InChI is InChI=1S/C21H29N7O14P2.4Na.H3O4P/c22-17-11-19(25-7-24-17)27-20(26-11)16-14(31)12(29)9(40-16)5-38-43(34,35)42-44(36,37)39-6-10-13(30)15(32)21(41-10)28-3-1-2-8(4-28)18(23)33;;;;;1-5(2,3)4/h1,3-4,7,9-10,12-16,21,29-32H,2,5-6H2,(H2,23,33)(H,34,35)(H,36,37)(H3,22,24,25,26,27);;;;;(H3,1,2,3,4)/q;4*+1;/t9-,10-,12-,13-,14-,15-,16-,21-;;;;;/m1...../s1. The first-order valence-electron chi connectivity index (χ1n) is 13.5. The third-order valence-corrected chi connectivity index (χ3v) is 9.45. The zero-order valence-corrected chi connectivity index (χ0v) is 39.2. The summed E-state index contributed by atoms with van der Waals surface area (Å²) in [6.07, 6.45) is -6.08. The summed E-state index contributed by atoms with van der Waals surface area (Å²) < 4.78 is 58.4. The number of H-pyrrole nitrogens is 1. The van der Waals surface area contributed by atoms with E-state index in [1.54, 1.807) is 6.08 Å². The molecule has 2 saturated heterocycles. The minimum Gasteiger partial charge on any atom is -0.387 e. The number of anilines is 1. The minimum atomic E-state index is -5.36. The van der Waals surface area contributed by atoms with Gasteiger partial charge in [-0.3, -0.25) is 13.8 Å². The van der Waals surface area contributed by atoms with Gasteiger partial charge in [-0.05, 0) is 6.42 Å². The molecular formula is C21H32N7Na4O18P3+4. The van der Waals surface area contributed by atoms with Gasteiger partial charge >= 0.3 is 142 Å². The molecular weight excluding hydrogens is 823 g/mol. The predicted octanol–water partition coefficient (Wildman–Crippen LogP) is -15.5. The molecule has 0 aromatic carbocycles. The van der Waals surface area contributed by atoms with Crippen molar-refractivity contribution in [3.05, 3.63) is 36.2 Å². The molecule has 1 amide bonds. The number of rotatable bonds is 11.